The summed E-state index contributed by atoms with van der Waals surface area (Å²) in [7, 11) is 0. The lowest BCUT2D eigenvalue weighted by Gasteiger charge is -2.22. The van der Waals surface area contributed by atoms with Crippen LogP contribution in [0.25, 0.3) is 0 Å². The van der Waals surface area contributed by atoms with Crippen LogP contribution in [0, 0.1) is 11.3 Å². The van der Waals surface area contributed by atoms with Gasteiger partial charge in [-0.25, -0.2) is 0 Å². The fourth-order valence-corrected chi connectivity index (χ4v) is 2.04. The molecule has 0 amide bonds. The predicted octanol–water partition coefficient (Wildman–Crippen LogP) is 3.53. The quantitative estimate of drug-likeness (QED) is 0.670. The van der Waals surface area contributed by atoms with Crippen molar-refractivity contribution in [1.82, 2.24) is 5.32 Å². The average molecular weight is 290 g/mol. The summed E-state index contributed by atoms with van der Waals surface area (Å²) in [6.07, 6.45) is 2.61. The molecule has 1 atom stereocenters. The van der Waals surface area contributed by atoms with Gasteiger partial charge in [0.05, 0.1) is 19.3 Å². The third-order valence-electron chi connectivity index (χ3n) is 3.20. The summed E-state index contributed by atoms with van der Waals surface area (Å²) >= 11 is 0. The Bertz CT molecular complexity index is 439. The third-order valence-corrected chi connectivity index (χ3v) is 3.20. The first kappa shape index (κ1) is 17.3. The lowest BCUT2D eigenvalue weighted by atomic mass is 9.98. The maximum atomic E-state index is 9.17. The number of nitrogens with one attached hydrogen (secondary N) is 1. The van der Waals surface area contributed by atoms with Gasteiger partial charge in [0.1, 0.15) is 17.0 Å². The number of hydrogen-bond donors (Lipinski definition) is 1. The number of ether oxygens (including phenoxy) is 2. The summed E-state index contributed by atoms with van der Waals surface area (Å²) in [5.74, 6) is 1.70. The Balaban J connectivity index is 2.31. The molecule has 0 aliphatic carbocycles. The molecular weight excluding hydrogens is 264 g/mol. The fourth-order valence-electron chi connectivity index (χ4n) is 2.04. The Morgan fingerprint density at radius 3 is 2.14 bits per heavy atom. The van der Waals surface area contributed by atoms with Gasteiger partial charge in [-0.3, -0.25) is 5.32 Å². The molecule has 0 saturated carbocycles. The van der Waals surface area contributed by atoms with Gasteiger partial charge in [0.25, 0.3) is 0 Å². The molecule has 0 aromatic heterocycles. The minimum absolute atomic E-state index is 0.462. The SMILES string of the molecule is CCCOc1ccc(OCCCC(C)(C#N)NCC)cc1. The molecule has 1 unspecified atom stereocenters. The molecule has 0 spiro atoms. The molecule has 4 nitrogen and oxygen atoms in total. The molecule has 1 rings (SSSR count). The Morgan fingerprint density at radius 1 is 1.10 bits per heavy atom. The zero-order valence-corrected chi connectivity index (χ0v) is 13.3. The van der Waals surface area contributed by atoms with Crippen LogP contribution in [0.2, 0.25) is 0 Å². The summed E-state index contributed by atoms with van der Waals surface area (Å²) in [6, 6.07) is 9.99. The zero-order valence-electron chi connectivity index (χ0n) is 13.3. The molecule has 21 heavy (non-hydrogen) atoms. The molecule has 0 saturated heterocycles. The van der Waals surface area contributed by atoms with Crippen LogP contribution in [0.3, 0.4) is 0 Å². The maximum absolute atomic E-state index is 9.17. The van der Waals surface area contributed by atoms with Crippen LogP contribution in [-0.4, -0.2) is 25.3 Å². The average Bonchev–Trinajstić information content (AvgIpc) is 2.51. The molecular formula is C17H26N2O2. The van der Waals surface area contributed by atoms with Gasteiger partial charge in [0.15, 0.2) is 0 Å². The van der Waals surface area contributed by atoms with Crippen molar-refractivity contribution in [3.05, 3.63) is 24.3 Å². The molecule has 0 aliphatic heterocycles. The third kappa shape index (κ3) is 6.50. The van der Waals surface area contributed by atoms with E-state index in [0.717, 1.165) is 43.9 Å². The summed E-state index contributed by atoms with van der Waals surface area (Å²) in [6.45, 7) is 8.16. The van der Waals surface area contributed by atoms with E-state index >= 15 is 0 Å². The Hall–Kier alpha value is -1.73. The molecule has 0 fully saturated rings. The molecule has 1 aromatic carbocycles. The van der Waals surface area contributed by atoms with Gasteiger partial charge in [0.2, 0.25) is 0 Å². The van der Waals surface area contributed by atoms with Crippen molar-refractivity contribution in [2.24, 2.45) is 0 Å². The highest BCUT2D eigenvalue weighted by Gasteiger charge is 2.21. The van der Waals surface area contributed by atoms with Gasteiger partial charge in [0, 0.05) is 0 Å². The number of rotatable bonds is 10. The van der Waals surface area contributed by atoms with Crippen molar-refractivity contribution in [3.63, 3.8) is 0 Å². The highest BCUT2D eigenvalue weighted by Crippen LogP contribution is 2.18. The van der Waals surface area contributed by atoms with E-state index in [4.69, 9.17) is 14.7 Å². The second kappa shape index (κ2) is 9.25. The van der Waals surface area contributed by atoms with Crippen molar-refractivity contribution in [1.29, 1.82) is 5.26 Å². The standard InChI is InChI=1S/C17H26N2O2/c1-4-12-20-15-7-9-16(10-8-15)21-13-6-11-17(3,14-18)19-5-2/h7-10,19H,4-6,11-13H2,1-3H3. The largest absolute Gasteiger partial charge is 0.494 e. The van der Waals surface area contributed by atoms with Crippen molar-refractivity contribution >= 4 is 0 Å². The van der Waals surface area contributed by atoms with Crippen LogP contribution in [0.5, 0.6) is 11.5 Å². The summed E-state index contributed by atoms with van der Waals surface area (Å²) in [5.41, 5.74) is -0.462. The molecule has 4 heteroatoms. The Labute approximate surface area is 128 Å². The van der Waals surface area contributed by atoms with Crippen molar-refractivity contribution in [3.8, 4) is 17.6 Å². The van der Waals surface area contributed by atoms with E-state index < -0.39 is 5.54 Å². The summed E-state index contributed by atoms with van der Waals surface area (Å²) in [4.78, 5) is 0. The number of hydrogen-bond acceptors (Lipinski definition) is 4. The number of nitriles is 1. The molecule has 1 N–H and O–H groups in total. The second-order valence-corrected chi connectivity index (χ2v) is 5.25. The zero-order chi connectivity index (χ0) is 15.6. The molecule has 0 bridgehead atoms. The van der Waals surface area contributed by atoms with E-state index in [9.17, 15) is 0 Å². The first-order valence-corrected chi connectivity index (χ1v) is 7.65. The molecule has 0 heterocycles. The van der Waals surface area contributed by atoms with E-state index in [0.29, 0.717) is 6.61 Å². The minimum atomic E-state index is -0.462. The normalized spacial score (nSPS) is 13.2. The highest BCUT2D eigenvalue weighted by molar-refractivity contribution is 5.31. The van der Waals surface area contributed by atoms with Gasteiger partial charge in [-0.05, 0) is 57.0 Å². The first-order chi connectivity index (χ1) is 10.1. The monoisotopic (exact) mass is 290 g/mol. The number of benzene rings is 1. The van der Waals surface area contributed by atoms with Gasteiger partial charge in [-0.1, -0.05) is 13.8 Å². The predicted molar refractivity (Wildman–Crippen MR) is 84.7 cm³/mol. The molecule has 0 aliphatic rings. The van der Waals surface area contributed by atoms with Crippen molar-refractivity contribution in [2.75, 3.05) is 19.8 Å². The fraction of sp³-hybridized carbons (Fsp3) is 0.588. The van der Waals surface area contributed by atoms with E-state index in [1.165, 1.54) is 0 Å². The van der Waals surface area contributed by atoms with Crippen LogP contribution < -0.4 is 14.8 Å². The Morgan fingerprint density at radius 2 is 1.67 bits per heavy atom. The van der Waals surface area contributed by atoms with Gasteiger partial charge in [-0.2, -0.15) is 5.26 Å². The van der Waals surface area contributed by atoms with E-state index in [2.05, 4.69) is 18.3 Å². The van der Waals surface area contributed by atoms with Crippen LogP contribution in [0.4, 0.5) is 0 Å². The summed E-state index contributed by atoms with van der Waals surface area (Å²) in [5, 5.41) is 12.4. The van der Waals surface area contributed by atoms with E-state index in [-0.39, 0.29) is 0 Å². The molecule has 1 aromatic rings. The summed E-state index contributed by atoms with van der Waals surface area (Å²) < 4.78 is 11.2. The molecule has 116 valence electrons. The van der Waals surface area contributed by atoms with Crippen molar-refractivity contribution in [2.45, 2.75) is 45.6 Å². The van der Waals surface area contributed by atoms with E-state index in [1.807, 2.05) is 38.1 Å². The van der Waals surface area contributed by atoms with Gasteiger partial charge >= 0.3 is 0 Å². The van der Waals surface area contributed by atoms with E-state index in [1.54, 1.807) is 0 Å². The van der Waals surface area contributed by atoms with Crippen molar-refractivity contribution < 1.29 is 9.47 Å². The van der Waals surface area contributed by atoms with Gasteiger partial charge in [-0.15, -0.1) is 0 Å². The minimum Gasteiger partial charge on any atom is -0.494 e. The van der Waals surface area contributed by atoms with Crippen LogP contribution in [0.15, 0.2) is 24.3 Å². The first-order valence-electron chi connectivity index (χ1n) is 7.65. The maximum Gasteiger partial charge on any atom is 0.119 e. The van der Waals surface area contributed by atoms with Gasteiger partial charge < -0.3 is 9.47 Å². The van der Waals surface area contributed by atoms with Crippen LogP contribution >= 0.6 is 0 Å². The van der Waals surface area contributed by atoms with Crippen LogP contribution in [0.1, 0.15) is 40.0 Å². The molecule has 0 radical (unpaired) electrons. The smallest absolute Gasteiger partial charge is 0.119 e. The lowest BCUT2D eigenvalue weighted by molar-refractivity contribution is 0.284. The number of nitrogens with zero attached hydrogens (tertiary/aromatic N) is 1. The second-order valence-electron chi connectivity index (χ2n) is 5.25. The topological polar surface area (TPSA) is 54.3 Å². The Kier molecular flexibility index (Phi) is 7.63. The van der Waals surface area contributed by atoms with Crippen LogP contribution in [-0.2, 0) is 0 Å². The lowest BCUT2D eigenvalue weighted by Crippen LogP contribution is -2.40. The highest BCUT2D eigenvalue weighted by atomic mass is 16.5.